The van der Waals surface area contributed by atoms with Gasteiger partial charge in [0.25, 0.3) is 0 Å². The topological polar surface area (TPSA) is 38.7 Å². The van der Waals surface area contributed by atoms with E-state index in [-0.39, 0.29) is 0 Å². The monoisotopic (exact) mass is 383 g/mol. The largest absolute Gasteiger partial charge is 0.242 e. The maximum Gasteiger partial charge on any atom is 0.178 e. The van der Waals surface area contributed by atoms with Gasteiger partial charge >= 0.3 is 0 Å². The summed E-state index contributed by atoms with van der Waals surface area (Å²) < 4.78 is 0. The van der Waals surface area contributed by atoms with E-state index in [0.29, 0.717) is 5.65 Å². The van der Waals surface area contributed by atoms with Gasteiger partial charge in [0.1, 0.15) is 5.52 Å². The molecular weight excluding hydrogens is 366 g/mol. The molecule has 0 amide bonds. The van der Waals surface area contributed by atoms with Crippen molar-refractivity contribution in [3.05, 3.63) is 103 Å². The van der Waals surface area contributed by atoms with Gasteiger partial charge in [0.05, 0.1) is 11.4 Å². The minimum atomic E-state index is 0.662. The Bertz CT molecular complexity index is 1280. The summed E-state index contributed by atoms with van der Waals surface area (Å²) in [6, 6.07) is 33.5. The zero-order valence-electron chi connectivity index (χ0n) is 16.2. The van der Waals surface area contributed by atoms with Crippen molar-refractivity contribution in [3.63, 3.8) is 0 Å². The highest BCUT2D eigenvalue weighted by atomic mass is 14.9. The molecule has 0 saturated carbocycles. The Kier molecular flexibility index (Phi) is 3.78. The summed E-state index contributed by atoms with van der Waals surface area (Å²) >= 11 is 0. The Morgan fingerprint density at radius 2 is 0.933 bits per heavy atom. The quantitative estimate of drug-likeness (QED) is 0.339. The number of pyridine rings is 1. The Balaban J connectivity index is 1.64. The lowest BCUT2D eigenvalue weighted by Gasteiger charge is -2.07. The summed E-state index contributed by atoms with van der Waals surface area (Å²) in [6.45, 7) is 0. The molecule has 3 heteroatoms. The standard InChI is InChI=1S/C27H17N3/c1-3-8-18-14-22(15-19(18)9-4-1)25-26(30-27-24(29-25)12-7-13-28-27)23-16-20-10-5-2-6-11-21(20)17-23/h1-17H. The van der Waals surface area contributed by atoms with Gasteiger partial charge in [-0.25, -0.2) is 15.0 Å². The highest BCUT2D eigenvalue weighted by molar-refractivity contribution is 5.91. The van der Waals surface area contributed by atoms with Crippen molar-refractivity contribution in [1.82, 2.24) is 15.0 Å². The summed E-state index contributed by atoms with van der Waals surface area (Å²) in [7, 11) is 0. The molecular formula is C27H17N3. The second kappa shape index (κ2) is 6.75. The first-order valence-electron chi connectivity index (χ1n) is 9.96. The third-order valence-electron chi connectivity index (χ3n) is 5.45. The van der Waals surface area contributed by atoms with Crippen molar-refractivity contribution in [2.45, 2.75) is 0 Å². The molecule has 2 aromatic heterocycles. The molecule has 30 heavy (non-hydrogen) atoms. The van der Waals surface area contributed by atoms with Crippen LogP contribution in [0.1, 0.15) is 0 Å². The normalized spacial score (nSPS) is 11.3. The number of nitrogens with zero attached hydrogens (tertiary/aromatic N) is 3. The minimum Gasteiger partial charge on any atom is -0.242 e. The number of fused-ring (bicyclic) bond motifs is 3. The molecule has 0 unspecified atom stereocenters. The molecule has 0 N–H and O–H groups in total. The number of rotatable bonds is 2. The van der Waals surface area contributed by atoms with Crippen molar-refractivity contribution in [2.24, 2.45) is 0 Å². The first-order chi connectivity index (χ1) is 14.8. The maximum absolute atomic E-state index is 4.99. The van der Waals surface area contributed by atoms with Crippen LogP contribution in [0.15, 0.2) is 103 Å². The molecule has 140 valence electrons. The zero-order valence-corrected chi connectivity index (χ0v) is 16.2. The summed E-state index contributed by atoms with van der Waals surface area (Å²) in [5.41, 5.74) is 10.1. The molecule has 6 rings (SSSR count). The zero-order chi connectivity index (χ0) is 19.9. The number of hydrogen-bond acceptors (Lipinski definition) is 3. The predicted molar refractivity (Wildman–Crippen MR) is 121 cm³/mol. The smallest absolute Gasteiger partial charge is 0.178 e. The van der Waals surface area contributed by atoms with Crippen LogP contribution in [0.2, 0.25) is 0 Å². The molecule has 0 bridgehead atoms. The van der Waals surface area contributed by atoms with E-state index >= 15 is 0 Å². The average molecular weight is 383 g/mol. The molecule has 0 aromatic carbocycles. The Hall–Kier alpha value is -4.11. The van der Waals surface area contributed by atoms with Gasteiger partial charge in [-0.3, -0.25) is 0 Å². The van der Waals surface area contributed by atoms with Gasteiger partial charge in [-0.15, -0.1) is 0 Å². The molecule has 0 fully saturated rings. The van der Waals surface area contributed by atoms with Crippen LogP contribution in [-0.2, 0) is 0 Å². The summed E-state index contributed by atoms with van der Waals surface area (Å²) in [5, 5.41) is 0. The van der Waals surface area contributed by atoms with E-state index < -0.39 is 0 Å². The summed E-state index contributed by atoms with van der Waals surface area (Å²) in [6.07, 6.45) is 1.76. The van der Waals surface area contributed by atoms with Crippen molar-refractivity contribution < 1.29 is 0 Å². The summed E-state index contributed by atoms with van der Waals surface area (Å²) in [5.74, 6) is 0. The molecule has 0 saturated heterocycles. The molecule has 0 atom stereocenters. The fourth-order valence-corrected chi connectivity index (χ4v) is 4.00. The molecule has 0 aliphatic heterocycles. The van der Waals surface area contributed by atoms with Crippen LogP contribution in [0.4, 0.5) is 0 Å². The lowest BCUT2D eigenvalue weighted by molar-refractivity contribution is 1.23. The second-order valence-corrected chi connectivity index (χ2v) is 7.40. The second-order valence-electron chi connectivity index (χ2n) is 7.40. The van der Waals surface area contributed by atoms with E-state index in [2.05, 4.69) is 77.8 Å². The van der Waals surface area contributed by atoms with Gasteiger partial charge < -0.3 is 0 Å². The van der Waals surface area contributed by atoms with Crippen molar-refractivity contribution in [3.8, 4) is 44.8 Å². The third kappa shape index (κ3) is 2.80. The van der Waals surface area contributed by atoms with Crippen molar-refractivity contribution in [2.75, 3.05) is 0 Å². The van der Waals surface area contributed by atoms with Crippen LogP contribution < -0.4 is 0 Å². The Labute approximate surface area is 174 Å². The third-order valence-corrected chi connectivity index (χ3v) is 5.45. The van der Waals surface area contributed by atoms with Gasteiger partial charge in [-0.2, -0.15) is 0 Å². The van der Waals surface area contributed by atoms with Crippen molar-refractivity contribution in [1.29, 1.82) is 0 Å². The van der Waals surface area contributed by atoms with Gasteiger partial charge in [0.15, 0.2) is 5.65 Å². The molecule has 0 spiro atoms. The molecule has 0 radical (unpaired) electrons. The van der Waals surface area contributed by atoms with E-state index in [4.69, 9.17) is 9.97 Å². The fourth-order valence-electron chi connectivity index (χ4n) is 4.00. The lowest BCUT2D eigenvalue weighted by atomic mass is 10.1. The van der Waals surface area contributed by atoms with Crippen LogP contribution in [-0.4, -0.2) is 15.0 Å². The van der Waals surface area contributed by atoms with Crippen LogP contribution in [0.5, 0.6) is 0 Å². The number of hydrogen-bond donors (Lipinski definition) is 0. The lowest BCUT2D eigenvalue weighted by Crippen LogP contribution is -1.95. The molecule has 2 aromatic rings. The highest BCUT2D eigenvalue weighted by Gasteiger charge is 2.18. The van der Waals surface area contributed by atoms with Gasteiger partial charge in [-0.1, -0.05) is 60.7 Å². The van der Waals surface area contributed by atoms with Gasteiger partial charge in [0.2, 0.25) is 0 Å². The highest BCUT2D eigenvalue weighted by Crippen LogP contribution is 2.39. The van der Waals surface area contributed by atoms with Crippen LogP contribution in [0.25, 0.3) is 55.9 Å². The van der Waals surface area contributed by atoms with E-state index in [1.165, 1.54) is 22.3 Å². The predicted octanol–water partition coefficient (Wildman–Crippen LogP) is 6.57. The van der Waals surface area contributed by atoms with Crippen LogP contribution in [0.3, 0.4) is 0 Å². The van der Waals surface area contributed by atoms with E-state index in [1.807, 2.05) is 24.3 Å². The number of aromatic nitrogens is 3. The Morgan fingerprint density at radius 1 is 0.433 bits per heavy atom. The SMILES string of the molecule is c1ccc2cc(-c3nc4cccnc4nc3-c3cc4cccccc-4c3)cc-2cc1. The Morgan fingerprint density at radius 3 is 1.47 bits per heavy atom. The van der Waals surface area contributed by atoms with Crippen LogP contribution in [0, 0.1) is 0 Å². The summed E-state index contributed by atoms with van der Waals surface area (Å²) in [4.78, 5) is 14.4. The van der Waals surface area contributed by atoms with E-state index in [1.54, 1.807) is 6.20 Å². The average Bonchev–Trinajstić information content (AvgIpc) is 3.21. The molecule has 4 aliphatic carbocycles. The van der Waals surface area contributed by atoms with Crippen LogP contribution >= 0.6 is 0 Å². The van der Waals surface area contributed by atoms with E-state index in [0.717, 1.165) is 28.0 Å². The molecule has 4 aliphatic rings. The van der Waals surface area contributed by atoms with Gasteiger partial charge in [-0.05, 0) is 58.7 Å². The molecule has 3 nitrogen and oxygen atoms in total. The molecule has 2 heterocycles. The minimum absolute atomic E-state index is 0.662. The first kappa shape index (κ1) is 16.8. The van der Waals surface area contributed by atoms with Crippen molar-refractivity contribution >= 4 is 11.2 Å². The van der Waals surface area contributed by atoms with Gasteiger partial charge in [0, 0.05) is 17.3 Å². The fraction of sp³-hybridized carbons (Fsp3) is 0. The first-order valence-corrected chi connectivity index (χ1v) is 9.96. The maximum atomic E-state index is 4.99. The van der Waals surface area contributed by atoms with E-state index in [9.17, 15) is 0 Å².